The summed E-state index contributed by atoms with van der Waals surface area (Å²) in [5.41, 5.74) is 3.15. The first-order valence-electron chi connectivity index (χ1n) is 10.2. The number of benzene rings is 2. The SMILES string of the molecule is O=C(NC(c1nc2cc(CBr)ccc2o1)C1CCC(F)(F)CC1)OCc1ccccc1. The first-order chi connectivity index (χ1) is 14.9. The summed E-state index contributed by atoms with van der Waals surface area (Å²) >= 11 is 3.42. The molecule has 164 valence electrons. The highest BCUT2D eigenvalue weighted by molar-refractivity contribution is 9.08. The summed E-state index contributed by atoms with van der Waals surface area (Å²) in [6.07, 6.45) is -0.537. The minimum Gasteiger partial charge on any atom is -0.445 e. The fourth-order valence-corrected chi connectivity index (χ4v) is 4.22. The Hall–Kier alpha value is -2.48. The van der Waals surface area contributed by atoms with E-state index >= 15 is 0 Å². The Kier molecular flexibility index (Phi) is 6.55. The van der Waals surface area contributed by atoms with Crippen LogP contribution in [0, 0.1) is 5.92 Å². The van der Waals surface area contributed by atoms with Crippen LogP contribution in [0.3, 0.4) is 0 Å². The van der Waals surface area contributed by atoms with E-state index in [4.69, 9.17) is 9.15 Å². The van der Waals surface area contributed by atoms with Crippen LogP contribution in [0.4, 0.5) is 13.6 Å². The lowest BCUT2D eigenvalue weighted by atomic mass is 9.82. The van der Waals surface area contributed by atoms with Crippen LogP contribution in [0.2, 0.25) is 0 Å². The second-order valence-electron chi connectivity index (χ2n) is 7.86. The molecule has 1 aromatic heterocycles. The molecule has 2 aromatic carbocycles. The number of ether oxygens (including phenoxy) is 1. The molecule has 0 spiro atoms. The lowest BCUT2D eigenvalue weighted by Crippen LogP contribution is -2.37. The highest BCUT2D eigenvalue weighted by Crippen LogP contribution is 2.41. The lowest BCUT2D eigenvalue weighted by Gasteiger charge is -2.32. The van der Waals surface area contributed by atoms with E-state index in [0.717, 1.165) is 11.1 Å². The molecule has 1 fully saturated rings. The van der Waals surface area contributed by atoms with E-state index < -0.39 is 18.1 Å². The van der Waals surface area contributed by atoms with Crippen molar-refractivity contribution >= 4 is 33.1 Å². The van der Waals surface area contributed by atoms with Crippen molar-refractivity contribution in [2.45, 2.75) is 49.6 Å². The number of carbonyl (C=O) groups excluding carboxylic acids is 1. The van der Waals surface area contributed by atoms with Crippen LogP contribution >= 0.6 is 15.9 Å². The van der Waals surface area contributed by atoms with Gasteiger partial charge in [0.1, 0.15) is 18.2 Å². The molecule has 0 radical (unpaired) electrons. The summed E-state index contributed by atoms with van der Waals surface area (Å²) in [7, 11) is 0. The summed E-state index contributed by atoms with van der Waals surface area (Å²) in [6.45, 7) is 0.115. The molecule has 1 amide bonds. The molecule has 0 aliphatic heterocycles. The van der Waals surface area contributed by atoms with E-state index in [9.17, 15) is 13.6 Å². The predicted octanol–water partition coefficient (Wildman–Crippen LogP) is 6.52. The zero-order chi connectivity index (χ0) is 21.8. The number of hydrogen-bond acceptors (Lipinski definition) is 4. The van der Waals surface area contributed by atoms with Crippen molar-refractivity contribution in [2.24, 2.45) is 5.92 Å². The molecule has 8 heteroatoms. The normalized spacial score (nSPS) is 17.4. The van der Waals surface area contributed by atoms with Crippen LogP contribution in [0.15, 0.2) is 52.9 Å². The molecule has 1 N–H and O–H groups in total. The van der Waals surface area contributed by atoms with E-state index in [1.165, 1.54) is 0 Å². The molecule has 1 unspecified atom stereocenters. The minimum atomic E-state index is -2.67. The van der Waals surface area contributed by atoms with E-state index in [2.05, 4.69) is 26.2 Å². The third-order valence-electron chi connectivity index (χ3n) is 5.61. The van der Waals surface area contributed by atoms with Crippen LogP contribution in [0.1, 0.15) is 48.7 Å². The average molecular weight is 493 g/mol. The highest BCUT2D eigenvalue weighted by Gasteiger charge is 2.40. The van der Waals surface area contributed by atoms with Gasteiger partial charge in [-0.1, -0.05) is 52.3 Å². The maximum absolute atomic E-state index is 13.7. The minimum absolute atomic E-state index is 0.115. The van der Waals surface area contributed by atoms with E-state index in [1.807, 2.05) is 48.5 Å². The van der Waals surface area contributed by atoms with Crippen molar-refractivity contribution < 1.29 is 22.7 Å². The third-order valence-corrected chi connectivity index (χ3v) is 6.26. The first kappa shape index (κ1) is 21.7. The van der Waals surface area contributed by atoms with E-state index in [-0.39, 0.29) is 38.2 Å². The van der Waals surface area contributed by atoms with E-state index in [0.29, 0.717) is 22.3 Å². The molecule has 1 atom stereocenters. The Labute approximate surface area is 187 Å². The topological polar surface area (TPSA) is 64.4 Å². The quantitative estimate of drug-likeness (QED) is 0.398. The molecule has 31 heavy (non-hydrogen) atoms. The van der Waals surface area contributed by atoms with Gasteiger partial charge >= 0.3 is 6.09 Å². The average Bonchev–Trinajstić information content (AvgIpc) is 3.20. The Morgan fingerprint density at radius 1 is 1.19 bits per heavy atom. The maximum atomic E-state index is 13.7. The second-order valence-corrected chi connectivity index (χ2v) is 8.43. The zero-order valence-corrected chi connectivity index (χ0v) is 18.4. The number of alkyl carbamates (subject to hydrolysis) is 1. The van der Waals surface area contributed by atoms with Gasteiger partial charge in [0.15, 0.2) is 5.58 Å². The number of oxazole rings is 1. The molecule has 1 aliphatic carbocycles. The number of alkyl halides is 3. The van der Waals surface area contributed by atoms with Crippen molar-refractivity contribution in [1.29, 1.82) is 0 Å². The molecule has 1 saturated carbocycles. The standard InChI is InChI=1S/C23H23BrF2N2O3/c24-13-16-6-7-19-18(12-16)27-21(31-19)20(17-8-10-23(25,26)11-9-17)28-22(29)30-14-15-4-2-1-3-5-15/h1-7,12,17,20H,8-11,13-14H2,(H,28,29). The first-order valence-corrected chi connectivity index (χ1v) is 11.4. The fourth-order valence-electron chi connectivity index (χ4n) is 3.88. The molecule has 3 aromatic rings. The third kappa shape index (κ3) is 5.42. The van der Waals surface area contributed by atoms with Gasteiger partial charge < -0.3 is 14.5 Å². The Bertz CT molecular complexity index is 1030. The summed E-state index contributed by atoms with van der Waals surface area (Å²) in [6, 6.07) is 14.3. The van der Waals surface area contributed by atoms with Gasteiger partial charge in [-0.15, -0.1) is 0 Å². The number of halogens is 3. The van der Waals surface area contributed by atoms with Gasteiger partial charge in [-0.25, -0.2) is 18.6 Å². The zero-order valence-electron chi connectivity index (χ0n) is 16.8. The van der Waals surface area contributed by atoms with Gasteiger partial charge in [-0.05, 0) is 42.0 Å². The molecular weight excluding hydrogens is 470 g/mol. The van der Waals surface area contributed by atoms with Crippen molar-refractivity contribution in [3.05, 3.63) is 65.5 Å². The molecule has 1 heterocycles. The predicted molar refractivity (Wildman–Crippen MR) is 116 cm³/mol. The Morgan fingerprint density at radius 3 is 2.65 bits per heavy atom. The van der Waals surface area contributed by atoms with Crippen LogP contribution in [-0.4, -0.2) is 17.0 Å². The van der Waals surface area contributed by atoms with E-state index in [1.54, 1.807) is 0 Å². The molecule has 4 rings (SSSR count). The van der Waals surface area contributed by atoms with Gasteiger partial charge in [0, 0.05) is 18.2 Å². The van der Waals surface area contributed by atoms with Crippen molar-refractivity contribution in [3.8, 4) is 0 Å². The summed E-state index contributed by atoms with van der Waals surface area (Å²) in [4.78, 5) is 17.1. The van der Waals surface area contributed by atoms with Gasteiger partial charge in [0.05, 0.1) is 0 Å². The number of rotatable bonds is 6. The maximum Gasteiger partial charge on any atom is 0.408 e. The second kappa shape index (κ2) is 9.34. The Balaban J connectivity index is 1.53. The van der Waals surface area contributed by atoms with Crippen molar-refractivity contribution in [2.75, 3.05) is 0 Å². The smallest absolute Gasteiger partial charge is 0.408 e. The molecular formula is C23H23BrF2N2O3. The van der Waals surface area contributed by atoms with Crippen LogP contribution in [-0.2, 0) is 16.7 Å². The van der Waals surface area contributed by atoms with Gasteiger partial charge in [0.2, 0.25) is 11.8 Å². The summed E-state index contributed by atoms with van der Waals surface area (Å²) < 4.78 is 38.7. The van der Waals surface area contributed by atoms with Gasteiger partial charge in [-0.3, -0.25) is 0 Å². The largest absolute Gasteiger partial charge is 0.445 e. The number of fused-ring (bicyclic) bond motifs is 1. The van der Waals surface area contributed by atoms with Gasteiger partial charge in [-0.2, -0.15) is 0 Å². The monoisotopic (exact) mass is 492 g/mol. The number of aromatic nitrogens is 1. The van der Waals surface area contributed by atoms with Crippen LogP contribution in [0.5, 0.6) is 0 Å². The molecule has 0 saturated heterocycles. The number of nitrogens with one attached hydrogen (secondary N) is 1. The fraction of sp³-hybridized carbons (Fsp3) is 0.391. The number of carbonyl (C=O) groups is 1. The van der Waals surface area contributed by atoms with Crippen molar-refractivity contribution in [3.63, 3.8) is 0 Å². The lowest BCUT2D eigenvalue weighted by molar-refractivity contribution is -0.0505. The highest BCUT2D eigenvalue weighted by atomic mass is 79.9. The van der Waals surface area contributed by atoms with Crippen molar-refractivity contribution in [1.82, 2.24) is 10.3 Å². The Morgan fingerprint density at radius 2 is 1.94 bits per heavy atom. The number of hydrogen-bond donors (Lipinski definition) is 1. The van der Waals surface area contributed by atoms with Crippen LogP contribution in [0.25, 0.3) is 11.1 Å². The number of amides is 1. The summed E-state index contributed by atoms with van der Waals surface area (Å²) in [5.74, 6) is -2.57. The number of nitrogens with zero attached hydrogens (tertiary/aromatic N) is 1. The van der Waals surface area contributed by atoms with Gasteiger partial charge in [0.25, 0.3) is 0 Å². The summed E-state index contributed by atoms with van der Waals surface area (Å²) in [5, 5.41) is 3.50. The molecule has 1 aliphatic rings. The van der Waals surface area contributed by atoms with Crippen LogP contribution < -0.4 is 5.32 Å². The molecule has 5 nitrogen and oxygen atoms in total. The molecule has 0 bridgehead atoms.